The minimum absolute atomic E-state index is 0.168. The highest BCUT2D eigenvalue weighted by molar-refractivity contribution is 5.74. The van der Waals surface area contributed by atoms with E-state index in [4.69, 9.17) is 9.47 Å². The Balaban J connectivity index is 1.54. The van der Waals surface area contributed by atoms with Gasteiger partial charge in [0.25, 0.3) is 0 Å². The standard InChI is InChI=1S/C25H27F4NO4/c1-32-24(31)20-9-10-21(23(20)16-4-6-18(26)7-5-16)30-13-17-12-19(34-25(27,28)29)8-11-22(17)33-14-15-2-3-15/h4-8,11-12,15,20-21,23,30H,2-3,9-10,13-14H2,1H3/t20-,21-,23+/m0/s1. The number of rotatable bonds is 9. The first-order chi connectivity index (χ1) is 16.2. The molecule has 0 unspecified atom stereocenters. The van der Waals surface area contributed by atoms with Gasteiger partial charge < -0.3 is 19.5 Å². The Bertz CT molecular complexity index is 991. The maximum atomic E-state index is 13.5. The molecular formula is C25H27F4NO4. The molecule has 0 heterocycles. The fourth-order valence-corrected chi connectivity index (χ4v) is 4.56. The molecule has 9 heteroatoms. The van der Waals surface area contributed by atoms with Crippen LogP contribution in [-0.2, 0) is 16.1 Å². The SMILES string of the molecule is COC(=O)[C@H]1CC[C@H](NCc2cc(OC(F)(F)F)ccc2OCC2CC2)[C@@H]1c1ccc(F)cc1. The van der Waals surface area contributed by atoms with Gasteiger partial charge in [-0.15, -0.1) is 13.2 Å². The number of nitrogens with one attached hydrogen (secondary N) is 1. The van der Waals surface area contributed by atoms with Gasteiger partial charge in [0, 0.05) is 24.1 Å². The van der Waals surface area contributed by atoms with Crippen molar-refractivity contribution in [1.29, 1.82) is 0 Å². The molecule has 0 aliphatic heterocycles. The number of halogens is 4. The second kappa shape index (κ2) is 10.2. The number of ether oxygens (including phenoxy) is 3. The molecule has 0 radical (unpaired) electrons. The first kappa shape index (κ1) is 24.3. The van der Waals surface area contributed by atoms with Gasteiger partial charge in [0.15, 0.2) is 0 Å². The average molecular weight is 481 g/mol. The summed E-state index contributed by atoms with van der Waals surface area (Å²) >= 11 is 0. The van der Waals surface area contributed by atoms with Crippen molar-refractivity contribution >= 4 is 5.97 Å². The number of esters is 1. The van der Waals surface area contributed by atoms with Crippen molar-refractivity contribution in [2.45, 2.75) is 50.6 Å². The summed E-state index contributed by atoms with van der Waals surface area (Å²) in [6.07, 6.45) is -1.40. The normalized spacial score (nSPS) is 22.4. The molecular weight excluding hydrogens is 454 g/mol. The van der Waals surface area contributed by atoms with Gasteiger partial charge in [-0.1, -0.05) is 12.1 Å². The van der Waals surface area contributed by atoms with Crippen molar-refractivity contribution in [1.82, 2.24) is 5.32 Å². The van der Waals surface area contributed by atoms with E-state index in [1.54, 1.807) is 12.1 Å². The quantitative estimate of drug-likeness (QED) is 0.387. The number of hydrogen-bond acceptors (Lipinski definition) is 5. The molecule has 2 aliphatic rings. The van der Waals surface area contributed by atoms with Gasteiger partial charge in [-0.05, 0) is 67.5 Å². The lowest BCUT2D eigenvalue weighted by atomic mass is 9.86. The van der Waals surface area contributed by atoms with Gasteiger partial charge in [0.05, 0.1) is 19.6 Å². The summed E-state index contributed by atoms with van der Waals surface area (Å²) in [5.74, 6) is -0.735. The van der Waals surface area contributed by atoms with Crippen LogP contribution in [0.4, 0.5) is 17.6 Å². The predicted molar refractivity (Wildman–Crippen MR) is 116 cm³/mol. The van der Waals surface area contributed by atoms with Gasteiger partial charge in [0.2, 0.25) is 0 Å². The molecule has 0 bridgehead atoms. The van der Waals surface area contributed by atoms with Crippen molar-refractivity contribution in [2.75, 3.05) is 13.7 Å². The maximum Gasteiger partial charge on any atom is 0.573 e. The third-order valence-corrected chi connectivity index (χ3v) is 6.41. The molecule has 2 saturated carbocycles. The third-order valence-electron chi connectivity index (χ3n) is 6.41. The van der Waals surface area contributed by atoms with Crippen molar-refractivity contribution in [3.8, 4) is 11.5 Å². The molecule has 4 rings (SSSR count). The summed E-state index contributed by atoms with van der Waals surface area (Å²) in [4.78, 5) is 12.4. The van der Waals surface area contributed by atoms with Crippen LogP contribution in [0.25, 0.3) is 0 Å². The second-order valence-corrected chi connectivity index (χ2v) is 8.84. The summed E-state index contributed by atoms with van der Waals surface area (Å²) in [6, 6.07) is 9.88. The van der Waals surface area contributed by atoms with Crippen molar-refractivity contribution in [3.63, 3.8) is 0 Å². The summed E-state index contributed by atoms with van der Waals surface area (Å²) in [5.41, 5.74) is 1.33. The van der Waals surface area contributed by atoms with E-state index in [0.717, 1.165) is 18.4 Å². The first-order valence-corrected chi connectivity index (χ1v) is 11.3. The fraction of sp³-hybridized carbons (Fsp3) is 0.480. The lowest BCUT2D eigenvalue weighted by Gasteiger charge is -2.26. The van der Waals surface area contributed by atoms with Gasteiger partial charge >= 0.3 is 12.3 Å². The molecule has 0 amide bonds. The Kier molecular flexibility index (Phi) is 7.30. The van der Waals surface area contributed by atoms with E-state index in [9.17, 15) is 22.4 Å². The highest BCUT2D eigenvalue weighted by Crippen LogP contribution is 2.41. The van der Waals surface area contributed by atoms with Crippen molar-refractivity contribution in [3.05, 3.63) is 59.4 Å². The zero-order chi connectivity index (χ0) is 24.3. The first-order valence-electron chi connectivity index (χ1n) is 11.3. The fourth-order valence-electron chi connectivity index (χ4n) is 4.56. The zero-order valence-corrected chi connectivity index (χ0v) is 18.7. The van der Waals surface area contributed by atoms with E-state index < -0.39 is 12.3 Å². The number of methoxy groups -OCH3 is 1. The van der Waals surface area contributed by atoms with Crippen LogP contribution in [0.1, 0.15) is 42.7 Å². The monoisotopic (exact) mass is 481 g/mol. The Hall–Kier alpha value is -2.81. The van der Waals surface area contributed by atoms with E-state index in [-0.39, 0.29) is 36.0 Å². The maximum absolute atomic E-state index is 13.5. The van der Waals surface area contributed by atoms with Crippen LogP contribution in [0.15, 0.2) is 42.5 Å². The van der Waals surface area contributed by atoms with E-state index >= 15 is 0 Å². The molecule has 2 fully saturated rings. The topological polar surface area (TPSA) is 56.8 Å². The molecule has 1 N–H and O–H groups in total. The molecule has 34 heavy (non-hydrogen) atoms. The molecule has 0 saturated heterocycles. The van der Waals surface area contributed by atoms with Crippen LogP contribution < -0.4 is 14.8 Å². The third kappa shape index (κ3) is 6.20. The van der Waals surface area contributed by atoms with Crippen molar-refractivity contribution in [2.24, 2.45) is 11.8 Å². The second-order valence-electron chi connectivity index (χ2n) is 8.84. The highest BCUT2D eigenvalue weighted by atomic mass is 19.4. The van der Waals surface area contributed by atoms with Crippen LogP contribution in [0.5, 0.6) is 11.5 Å². The van der Waals surface area contributed by atoms with Crippen LogP contribution in [-0.4, -0.2) is 32.1 Å². The van der Waals surface area contributed by atoms with E-state index in [1.165, 1.54) is 37.4 Å². The zero-order valence-electron chi connectivity index (χ0n) is 18.7. The lowest BCUT2D eigenvalue weighted by molar-refractivity contribution is -0.274. The Morgan fingerprint density at radius 2 is 1.79 bits per heavy atom. The number of carbonyl (C=O) groups excluding carboxylic acids is 1. The summed E-state index contributed by atoms with van der Waals surface area (Å²) in [6.45, 7) is 0.726. The van der Waals surface area contributed by atoms with E-state index in [2.05, 4.69) is 10.1 Å². The summed E-state index contributed by atoms with van der Waals surface area (Å²) < 4.78 is 66.7. The van der Waals surface area contributed by atoms with Crippen molar-refractivity contribution < 1.29 is 36.6 Å². The molecule has 0 aromatic heterocycles. The molecule has 2 aromatic rings. The Morgan fingerprint density at radius 1 is 1.06 bits per heavy atom. The Labute approximate surface area is 195 Å². The lowest BCUT2D eigenvalue weighted by Crippen LogP contribution is -2.34. The Morgan fingerprint density at radius 3 is 2.44 bits per heavy atom. The highest BCUT2D eigenvalue weighted by Gasteiger charge is 2.41. The number of hydrogen-bond donors (Lipinski definition) is 1. The predicted octanol–water partition coefficient (Wildman–Crippen LogP) is 5.34. The summed E-state index contributed by atoms with van der Waals surface area (Å²) in [7, 11) is 1.33. The number of benzene rings is 2. The molecule has 2 aliphatic carbocycles. The van der Waals surface area contributed by atoms with E-state index in [1.807, 2.05) is 0 Å². The van der Waals surface area contributed by atoms with Crippen LogP contribution >= 0.6 is 0 Å². The molecule has 0 spiro atoms. The minimum atomic E-state index is -4.80. The molecule has 3 atom stereocenters. The van der Waals surface area contributed by atoms with E-state index in [0.29, 0.717) is 36.7 Å². The number of alkyl halides is 3. The smallest absolute Gasteiger partial charge is 0.493 e. The van der Waals surface area contributed by atoms with Gasteiger partial charge in [-0.25, -0.2) is 4.39 Å². The molecule has 184 valence electrons. The van der Waals surface area contributed by atoms with Crippen LogP contribution in [0, 0.1) is 17.7 Å². The van der Waals surface area contributed by atoms with Crippen LogP contribution in [0.3, 0.4) is 0 Å². The van der Waals surface area contributed by atoms with Gasteiger partial charge in [-0.3, -0.25) is 4.79 Å². The van der Waals surface area contributed by atoms with Gasteiger partial charge in [0.1, 0.15) is 17.3 Å². The minimum Gasteiger partial charge on any atom is -0.493 e. The molecule has 2 aromatic carbocycles. The van der Waals surface area contributed by atoms with Gasteiger partial charge in [-0.2, -0.15) is 0 Å². The van der Waals surface area contributed by atoms with Crippen LogP contribution in [0.2, 0.25) is 0 Å². The average Bonchev–Trinajstić information content (AvgIpc) is 3.53. The largest absolute Gasteiger partial charge is 0.573 e. The molecule has 5 nitrogen and oxygen atoms in total. The number of carbonyl (C=O) groups is 1. The summed E-state index contributed by atoms with van der Waals surface area (Å²) in [5, 5.41) is 3.39.